The highest BCUT2D eigenvalue weighted by Crippen LogP contribution is 2.32. The second kappa shape index (κ2) is 12.9. The summed E-state index contributed by atoms with van der Waals surface area (Å²) >= 11 is 0. The van der Waals surface area contributed by atoms with Gasteiger partial charge in [0, 0.05) is 0 Å². The summed E-state index contributed by atoms with van der Waals surface area (Å²) in [6.07, 6.45) is 3.46. The lowest BCUT2D eigenvalue weighted by atomic mass is 9.85. The van der Waals surface area contributed by atoms with Gasteiger partial charge in [-0.3, -0.25) is 0 Å². The molecule has 0 bridgehead atoms. The number of aliphatic hydroxyl groups is 1. The minimum absolute atomic E-state index is 0.0276. The second-order valence-corrected chi connectivity index (χ2v) is 11.7. The molecule has 0 saturated carbocycles. The average molecular weight is 499 g/mol. The van der Waals surface area contributed by atoms with Gasteiger partial charge >= 0.3 is 0 Å². The molecule has 0 radical (unpaired) electrons. The summed E-state index contributed by atoms with van der Waals surface area (Å²) in [5.74, 6) is 1.85. The molecule has 200 valence electrons. The van der Waals surface area contributed by atoms with E-state index in [0.717, 1.165) is 37.2 Å². The van der Waals surface area contributed by atoms with E-state index >= 15 is 0 Å². The molecule has 1 heterocycles. The van der Waals surface area contributed by atoms with Gasteiger partial charge in [-0.25, -0.2) is 0 Å². The van der Waals surface area contributed by atoms with Crippen LogP contribution in [0.15, 0.2) is 36.4 Å². The first kappa shape index (κ1) is 28.5. The topological polar surface area (TPSA) is 57.2 Å². The Bertz CT molecular complexity index is 881. The summed E-state index contributed by atoms with van der Waals surface area (Å²) in [4.78, 5) is 0. The molecular formula is C31H46O5. The van der Waals surface area contributed by atoms with Crippen LogP contribution in [0.25, 0.3) is 0 Å². The van der Waals surface area contributed by atoms with E-state index in [9.17, 15) is 5.11 Å². The van der Waals surface area contributed by atoms with Gasteiger partial charge in [-0.15, -0.1) is 0 Å². The molecule has 36 heavy (non-hydrogen) atoms. The molecule has 0 saturated heterocycles. The van der Waals surface area contributed by atoms with Crippen LogP contribution in [0.5, 0.6) is 11.5 Å². The van der Waals surface area contributed by atoms with Gasteiger partial charge in [-0.2, -0.15) is 0 Å². The summed E-state index contributed by atoms with van der Waals surface area (Å²) in [7, 11) is 0. The molecule has 0 aromatic heterocycles. The van der Waals surface area contributed by atoms with Crippen LogP contribution >= 0.6 is 0 Å². The smallest absolute Gasteiger partial charge is 0.122 e. The van der Waals surface area contributed by atoms with Gasteiger partial charge < -0.3 is 24.1 Å². The third-order valence-corrected chi connectivity index (χ3v) is 6.75. The lowest BCUT2D eigenvalue weighted by molar-refractivity contribution is 0.0195. The normalized spacial score (nSPS) is 17.0. The Balaban J connectivity index is 1.84. The number of aliphatic hydroxyl groups excluding tert-OH is 1. The Morgan fingerprint density at radius 1 is 0.750 bits per heavy atom. The minimum Gasteiger partial charge on any atom is -0.491 e. The van der Waals surface area contributed by atoms with Crippen LogP contribution in [0, 0.1) is 0 Å². The van der Waals surface area contributed by atoms with Crippen molar-refractivity contribution in [2.75, 3.05) is 39.6 Å². The first-order valence-electron chi connectivity index (χ1n) is 13.4. The molecule has 0 amide bonds. The predicted molar refractivity (Wildman–Crippen MR) is 146 cm³/mol. The van der Waals surface area contributed by atoms with Crippen molar-refractivity contribution in [3.05, 3.63) is 58.7 Å². The maximum Gasteiger partial charge on any atom is 0.122 e. The highest BCUT2D eigenvalue weighted by Gasteiger charge is 2.20. The van der Waals surface area contributed by atoms with Gasteiger partial charge in [0.05, 0.1) is 32.5 Å². The fourth-order valence-corrected chi connectivity index (χ4v) is 4.41. The van der Waals surface area contributed by atoms with Crippen LogP contribution in [0.1, 0.15) is 76.6 Å². The number of ether oxygens (including phenoxy) is 4. The number of aryl methyl sites for hydroxylation is 2. The molecule has 0 aliphatic carbocycles. The van der Waals surface area contributed by atoms with Crippen LogP contribution in [-0.4, -0.2) is 50.9 Å². The zero-order chi connectivity index (χ0) is 26.2. The van der Waals surface area contributed by atoms with Crippen molar-refractivity contribution >= 4 is 0 Å². The number of benzene rings is 2. The quantitative estimate of drug-likeness (QED) is 0.561. The van der Waals surface area contributed by atoms with E-state index in [-0.39, 0.29) is 23.5 Å². The number of rotatable bonds is 3. The summed E-state index contributed by atoms with van der Waals surface area (Å²) in [6, 6.07) is 13.2. The Kier molecular flexibility index (Phi) is 10.2. The van der Waals surface area contributed by atoms with E-state index in [4.69, 9.17) is 18.9 Å². The molecule has 1 N–H and O–H groups in total. The maximum absolute atomic E-state index is 9.38. The van der Waals surface area contributed by atoms with E-state index in [1.165, 1.54) is 22.3 Å². The summed E-state index contributed by atoms with van der Waals surface area (Å²) in [5, 5.41) is 9.38. The van der Waals surface area contributed by atoms with Gasteiger partial charge in [0.25, 0.3) is 0 Å². The van der Waals surface area contributed by atoms with Crippen molar-refractivity contribution in [1.29, 1.82) is 0 Å². The van der Waals surface area contributed by atoms with Crippen LogP contribution < -0.4 is 9.47 Å². The highest BCUT2D eigenvalue weighted by atomic mass is 16.5. The lowest BCUT2D eigenvalue weighted by Crippen LogP contribution is -2.19. The molecule has 0 unspecified atom stereocenters. The average Bonchev–Trinajstić information content (AvgIpc) is 2.81. The van der Waals surface area contributed by atoms with Gasteiger partial charge in [-0.05, 0) is 70.9 Å². The fraction of sp³-hybridized carbons (Fsp3) is 0.613. The number of hydrogen-bond acceptors (Lipinski definition) is 5. The molecular weight excluding hydrogens is 452 g/mol. The van der Waals surface area contributed by atoms with Crippen LogP contribution in [-0.2, 0) is 33.1 Å². The molecule has 3 rings (SSSR count). The highest BCUT2D eigenvalue weighted by molar-refractivity contribution is 5.41. The van der Waals surface area contributed by atoms with Gasteiger partial charge in [0.15, 0.2) is 0 Å². The predicted octanol–water partition coefficient (Wildman–Crippen LogP) is 6.01. The minimum atomic E-state index is 0.0276. The Morgan fingerprint density at radius 3 is 1.64 bits per heavy atom. The van der Waals surface area contributed by atoms with Crippen LogP contribution in [0.3, 0.4) is 0 Å². The first-order chi connectivity index (χ1) is 17.1. The molecule has 5 nitrogen and oxygen atoms in total. The monoisotopic (exact) mass is 498 g/mol. The molecule has 0 spiro atoms. The molecule has 0 atom stereocenters. The third-order valence-electron chi connectivity index (χ3n) is 6.75. The van der Waals surface area contributed by atoms with Crippen molar-refractivity contribution in [3.8, 4) is 11.5 Å². The van der Waals surface area contributed by atoms with Crippen molar-refractivity contribution in [3.63, 3.8) is 0 Å². The van der Waals surface area contributed by atoms with Gasteiger partial charge in [-0.1, -0.05) is 65.8 Å². The van der Waals surface area contributed by atoms with Crippen LogP contribution in [0.4, 0.5) is 0 Å². The standard InChI is InChI=1S/C31H46O5/c1-30(2,3)25-11-7-23-9-13-27(34-16-15-32)14-10-24-8-12-26(31(4,5)6)22-29(24)36-20-18-33-17-19-35-28(23)21-25/h7-8,11-12,21-22,27,32H,9-10,13-20H2,1-6H3. The van der Waals surface area contributed by atoms with E-state index in [1.807, 2.05) is 0 Å². The second-order valence-electron chi connectivity index (χ2n) is 11.7. The summed E-state index contributed by atoms with van der Waals surface area (Å²) in [5.41, 5.74) is 4.98. The fourth-order valence-electron chi connectivity index (χ4n) is 4.41. The Hall–Kier alpha value is -2.08. The molecule has 1 aliphatic rings. The van der Waals surface area contributed by atoms with Crippen LogP contribution in [0.2, 0.25) is 0 Å². The van der Waals surface area contributed by atoms with E-state index in [0.29, 0.717) is 33.0 Å². The molecule has 2 aromatic carbocycles. The third kappa shape index (κ3) is 8.50. The van der Waals surface area contributed by atoms with E-state index in [2.05, 4.69) is 77.9 Å². The van der Waals surface area contributed by atoms with E-state index in [1.54, 1.807) is 0 Å². The number of hydrogen-bond donors (Lipinski definition) is 1. The van der Waals surface area contributed by atoms with Crippen molar-refractivity contribution < 1.29 is 24.1 Å². The van der Waals surface area contributed by atoms with Gasteiger partial charge in [0.1, 0.15) is 24.7 Å². The van der Waals surface area contributed by atoms with Crippen molar-refractivity contribution in [2.24, 2.45) is 0 Å². The zero-order valence-corrected chi connectivity index (χ0v) is 23.2. The Morgan fingerprint density at radius 2 is 1.22 bits per heavy atom. The number of fused-ring (bicyclic) bond motifs is 2. The first-order valence-corrected chi connectivity index (χ1v) is 13.4. The Labute approximate surface area is 218 Å². The zero-order valence-electron chi connectivity index (χ0n) is 23.2. The van der Waals surface area contributed by atoms with Crippen molar-refractivity contribution in [2.45, 2.75) is 84.2 Å². The largest absolute Gasteiger partial charge is 0.491 e. The lowest BCUT2D eigenvalue weighted by Gasteiger charge is -2.24. The molecule has 0 fully saturated rings. The molecule has 2 aromatic rings. The van der Waals surface area contributed by atoms with Crippen molar-refractivity contribution in [1.82, 2.24) is 0 Å². The molecule has 1 aliphatic heterocycles. The summed E-state index contributed by atoms with van der Waals surface area (Å²) < 4.78 is 24.3. The summed E-state index contributed by atoms with van der Waals surface area (Å²) in [6.45, 7) is 15.7. The maximum atomic E-state index is 9.38. The SMILES string of the molecule is CC(C)(C)c1ccc2c(c1)OCCOCCOc1cc(C(C)(C)C)ccc1CCC(OCCO)CC2. The van der Waals surface area contributed by atoms with Gasteiger partial charge in [0.2, 0.25) is 0 Å². The molecule has 5 heteroatoms. The van der Waals surface area contributed by atoms with E-state index < -0.39 is 0 Å².